The van der Waals surface area contributed by atoms with Crippen LogP contribution in [0.15, 0.2) is 29.2 Å². The Morgan fingerprint density at radius 1 is 1.27 bits per heavy atom. The second-order valence-electron chi connectivity index (χ2n) is 4.36. The van der Waals surface area contributed by atoms with E-state index in [1.165, 1.54) is 29.8 Å². The summed E-state index contributed by atoms with van der Waals surface area (Å²) in [6.45, 7) is 2.35. The molecule has 1 nitrogen and oxygen atoms in total. The molecule has 0 radical (unpaired) electrons. The molecule has 2 heteroatoms. The molecule has 1 aliphatic carbocycles. The van der Waals surface area contributed by atoms with Crippen LogP contribution in [0.1, 0.15) is 26.2 Å². The topological polar surface area (TPSA) is 12.0 Å². The van der Waals surface area contributed by atoms with Crippen molar-refractivity contribution in [2.45, 2.75) is 37.1 Å². The molecule has 0 saturated heterocycles. The highest BCUT2D eigenvalue weighted by Crippen LogP contribution is 2.31. The van der Waals surface area contributed by atoms with Crippen LogP contribution >= 0.6 is 11.8 Å². The minimum Gasteiger partial charge on any atom is -0.381 e. The molecule has 0 heterocycles. The summed E-state index contributed by atoms with van der Waals surface area (Å²) in [7, 11) is 0. The summed E-state index contributed by atoms with van der Waals surface area (Å²) in [4.78, 5) is 1.36. The lowest BCUT2D eigenvalue weighted by Crippen LogP contribution is -2.22. The molecular formula is C13H19NS. The number of anilines is 1. The van der Waals surface area contributed by atoms with E-state index in [1.54, 1.807) is 0 Å². The largest absolute Gasteiger partial charge is 0.381 e. The van der Waals surface area contributed by atoms with Gasteiger partial charge < -0.3 is 5.32 Å². The number of rotatable bonds is 3. The van der Waals surface area contributed by atoms with Gasteiger partial charge in [-0.05, 0) is 37.1 Å². The first-order valence-electron chi connectivity index (χ1n) is 5.71. The third-order valence-electron chi connectivity index (χ3n) is 3.31. The molecule has 0 bridgehead atoms. The van der Waals surface area contributed by atoms with E-state index in [-0.39, 0.29) is 0 Å². The van der Waals surface area contributed by atoms with Crippen LogP contribution in [0.25, 0.3) is 0 Å². The van der Waals surface area contributed by atoms with Crippen molar-refractivity contribution >= 4 is 17.4 Å². The second-order valence-corrected chi connectivity index (χ2v) is 5.21. The third-order valence-corrected chi connectivity index (χ3v) is 4.11. The number of thioether (sulfide) groups is 1. The van der Waals surface area contributed by atoms with E-state index in [1.807, 2.05) is 11.8 Å². The van der Waals surface area contributed by atoms with Crippen LogP contribution < -0.4 is 5.32 Å². The molecule has 1 N–H and O–H groups in total. The molecule has 0 aromatic heterocycles. The van der Waals surface area contributed by atoms with Gasteiger partial charge in [0.15, 0.2) is 0 Å². The second kappa shape index (κ2) is 4.93. The number of nitrogens with one attached hydrogen (secondary N) is 1. The van der Waals surface area contributed by atoms with Gasteiger partial charge in [-0.25, -0.2) is 0 Å². The van der Waals surface area contributed by atoms with Crippen LogP contribution in [0.3, 0.4) is 0 Å². The molecule has 2 rings (SSSR count). The molecule has 15 heavy (non-hydrogen) atoms. The molecule has 0 spiro atoms. The van der Waals surface area contributed by atoms with Crippen LogP contribution in [-0.4, -0.2) is 12.3 Å². The molecular weight excluding hydrogens is 202 g/mol. The van der Waals surface area contributed by atoms with E-state index in [4.69, 9.17) is 0 Å². The molecule has 1 saturated carbocycles. The Morgan fingerprint density at radius 3 is 2.73 bits per heavy atom. The van der Waals surface area contributed by atoms with Gasteiger partial charge in [-0.2, -0.15) is 0 Å². The highest BCUT2D eigenvalue weighted by atomic mass is 32.2. The molecule has 2 atom stereocenters. The zero-order chi connectivity index (χ0) is 10.7. The molecule has 1 aromatic rings. The summed E-state index contributed by atoms with van der Waals surface area (Å²) in [5.74, 6) is 0.819. The number of para-hydroxylation sites is 1. The number of hydrogen-bond donors (Lipinski definition) is 1. The quantitative estimate of drug-likeness (QED) is 0.774. The Hall–Kier alpha value is -0.630. The Morgan fingerprint density at radius 2 is 2.07 bits per heavy atom. The zero-order valence-electron chi connectivity index (χ0n) is 9.49. The van der Waals surface area contributed by atoms with Gasteiger partial charge in [-0.1, -0.05) is 25.5 Å². The van der Waals surface area contributed by atoms with Gasteiger partial charge >= 0.3 is 0 Å². The van der Waals surface area contributed by atoms with Crippen LogP contribution in [-0.2, 0) is 0 Å². The van der Waals surface area contributed by atoms with Crippen molar-refractivity contribution in [3.63, 3.8) is 0 Å². The normalized spacial score (nSPS) is 25.5. The minimum atomic E-state index is 0.679. The summed E-state index contributed by atoms with van der Waals surface area (Å²) >= 11 is 1.82. The van der Waals surface area contributed by atoms with Crippen LogP contribution in [0.2, 0.25) is 0 Å². The monoisotopic (exact) mass is 221 g/mol. The third kappa shape index (κ3) is 2.49. The summed E-state index contributed by atoms with van der Waals surface area (Å²) in [6, 6.07) is 9.28. The minimum absolute atomic E-state index is 0.679. The lowest BCUT2D eigenvalue weighted by atomic mass is 10.1. The van der Waals surface area contributed by atoms with Crippen molar-refractivity contribution in [2.75, 3.05) is 11.6 Å². The lowest BCUT2D eigenvalue weighted by Gasteiger charge is -2.20. The van der Waals surface area contributed by atoms with Crippen molar-refractivity contribution in [2.24, 2.45) is 5.92 Å². The van der Waals surface area contributed by atoms with E-state index in [2.05, 4.69) is 42.8 Å². The molecule has 82 valence electrons. The van der Waals surface area contributed by atoms with E-state index in [0.717, 1.165) is 5.92 Å². The standard InChI is InChI=1S/C13H19NS/c1-10-6-5-8-11(10)14-12-7-3-4-9-13(12)15-2/h3-4,7,9-11,14H,5-6,8H2,1-2H3/t10-,11+/m0/s1. The van der Waals surface area contributed by atoms with Gasteiger partial charge in [0.2, 0.25) is 0 Å². The predicted molar refractivity (Wildman–Crippen MR) is 68.6 cm³/mol. The Labute approximate surface area is 96.7 Å². The maximum atomic E-state index is 3.69. The maximum absolute atomic E-state index is 3.69. The van der Waals surface area contributed by atoms with E-state index < -0.39 is 0 Å². The molecule has 0 aliphatic heterocycles. The van der Waals surface area contributed by atoms with Crippen LogP contribution in [0.5, 0.6) is 0 Å². The number of benzene rings is 1. The predicted octanol–water partition coefficient (Wildman–Crippen LogP) is 4.01. The van der Waals surface area contributed by atoms with Crippen molar-refractivity contribution in [1.82, 2.24) is 0 Å². The van der Waals surface area contributed by atoms with Crippen LogP contribution in [0.4, 0.5) is 5.69 Å². The van der Waals surface area contributed by atoms with Gasteiger partial charge in [0.25, 0.3) is 0 Å². The molecule has 0 unspecified atom stereocenters. The van der Waals surface area contributed by atoms with Gasteiger partial charge in [0, 0.05) is 16.6 Å². The first kappa shape index (κ1) is 10.9. The number of hydrogen-bond acceptors (Lipinski definition) is 2. The van der Waals surface area contributed by atoms with Crippen molar-refractivity contribution in [3.8, 4) is 0 Å². The van der Waals surface area contributed by atoms with E-state index in [9.17, 15) is 0 Å². The summed E-state index contributed by atoms with van der Waals surface area (Å²) < 4.78 is 0. The summed E-state index contributed by atoms with van der Waals surface area (Å²) in [5.41, 5.74) is 1.31. The fraction of sp³-hybridized carbons (Fsp3) is 0.538. The highest BCUT2D eigenvalue weighted by molar-refractivity contribution is 7.98. The molecule has 0 amide bonds. The van der Waals surface area contributed by atoms with Crippen molar-refractivity contribution in [1.29, 1.82) is 0 Å². The first-order valence-corrected chi connectivity index (χ1v) is 6.93. The van der Waals surface area contributed by atoms with Gasteiger partial charge in [0.05, 0.1) is 0 Å². The molecule has 1 aliphatic rings. The van der Waals surface area contributed by atoms with Gasteiger partial charge in [-0.3, -0.25) is 0 Å². The fourth-order valence-corrected chi connectivity index (χ4v) is 2.89. The average molecular weight is 221 g/mol. The van der Waals surface area contributed by atoms with Gasteiger partial charge in [0.1, 0.15) is 0 Å². The fourth-order valence-electron chi connectivity index (χ4n) is 2.32. The first-order chi connectivity index (χ1) is 7.31. The van der Waals surface area contributed by atoms with Crippen LogP contribution in [0, 0.1) is 5.92 Å². The molecule has 1 aromatic carbocycles. The van der Waals surface area contributed by atoms with Crippen molar-refractivity contribution in [3.05, 3.63) is 24.3 Å². The summed E-state index contributed by atoms with van der Waals surface area (Å²) in [6.07, 6.45) is 6.21. The highest BCUT2D eigenvalue weighted by Gasteiger charge is 2.23. The average Bonchev–Trinajstić information content (AvgIpc) is 2.65. The van der Waals surface area contributed by atoms with Gasteiger partial charge in [-0.15, -0.1) is 11.8 Å². The Balaban J connectivity index is 2.09. The van der Waals surface area contributed by atoms with E-state index in [0.29, 0.717) is 6.04 Å². The SMILES string of the molecule is CSc1ccccc1N[C@@H]1CCC[C@@H]1C. The van der Waals surface area contributed by atoms with Crippen molar-refractivity contribution < 1.29 is 0 Å². The maximum Gasteiger partial charge on any atom is 0.0480 e. The Bertz CT molecular complexity index is 324. The van der Waals surface area contributed by atoms with E-state index >= 15 is 0 Å². The lowest BCUT2D eigenvalue weighted by molar-refractivity contribution is 0.555. The zero-order valence-corrected chi connectivity index (χ0v) is 10.3. The summed E-state index contributed by atoms with van der Waals surface area (Å²) in [5, 5.41) is 3.69. The molecule has 1 fully saturated rings. The Kier molecular flexibility index (Phi) is 3.57. The smallest absolute Gasteiger partial charge is 0.0480 e.